The van der Waals surface area contributed by atoms with Gasteiger partial charge in [-0.3, -0.25) is 0 Å². The second-order valence-corrected chi connectivity index (χ2v) is 4.38. The van der Waals surface area contributed by atoms with Gasteiger partial charge >= 0.3 is 0 Å². The molecule has 0 aliphatic carbocycles. The summed E-state index contributed by atoms with van der Waals surface area (Å²) in [6.07, 6.45) is 0. The number of halogens is 2. The quantitative estimate of drug-likeness (QED) is 0.875. The van der Waals surface area contributed by atoms with Gasteiger partial charge in [0.25, 0.3) is 0 Å². The minimum atomic E-state index is -0.213. The molecular formula is C11H11BrFN3. The number of benzene rings is 1. The molecule has 0 unspecified atom stereocenters. The fourth-order valence-electron chi connectivity index (χ4n) is 1.59. The zero-order valence-corrected chi connectivity index (χ0v) is 10.5. The van der Waals surface area contributed by atoms with Crippen molar-refractivity contribution in [2.24, 2.45) is 7.05 Å². The zero-order chi connectivity index (χ0) is 11.9. The van der Waals surface area contributed by atoms with Crippen LogP contribution in [0.5, 0.6) is 0 Å². The fourth-order valence-corrected chi connectivity index (χ4v) is 2.26. The SMILES string of the molecule is Cc1cc(-c2c(Br)nc(N)n2C)ccc1F. The summed E-state index contributed by atoms with van der Waals surface area (Å²) in [7, 11) is 1.82. The molecule has 1 heterocycles. The highest BCUT2D eigenvalue weighted by atomic mass is 79.9. The number of nitrogen functional groups attached to an aromatic ring is 1. The maximum atomic E-state index is 13.2. The average Bonchev–Trinajstić information content (AvgIpc) is 2.47. The number of nitrogens with two attached hydrogens (primary N) is 1. The molecule has 3 nitrogen and oxygen atoms in total. The van der Waals surface area contributed by atoms with Crippen LogP contribution in [-0.4, -0.2) is 9.55 Å². The van der Waals surface area contributed by atoms with Gasteiger partial charge in [0.2, 0.25) is 5.95 Å². The number of aromatic nitrogens is 2. The van der Waals surface area contributed by atoms with Crippen LogP contribution in [0.25, 0.3) is 11.3 Å². The molecule has 84 valence electrons. The van der Waals surface area contributed by atoms with Crippen molar-refractivity contribution in [1.29, 1.82) is 0 Å². The van der Waals surface area contributed by atoms with E-state index < -0.39 is 0 Å². The van der Waals surface area contributed by atoms with Gasteiger partial charge in [-0.1, -0.05) is 0 Å². The van der Waals surface area contributed by atoms with Crippen LogP contribution >= 0.6 is 15.9 Å². The van der Waals surface area contributed by atoms with Crippen LogP contribution in [-0.2, 0) is 7.05 Å². The molecule has 1 aromatic heterocycles. The summed E-state index contributed by atoms with van der Waals surface area (Å²) in [4.78, 5) is 4.10. The van der Waals surface area contributed by atoms with Crippen LogP contribution < -0.4 is 5.73 Å². The maximum Gasteiger partial charge on any atom is 0.201 e. The predicted octanol–water partition coefficient (Wildman–Crippen LogP) is 2.88. The third-order valence-electron chi connectivity index (χ3n) is 2.52. The summed E-state index contributed by atoms with van der Waals surface area (Å²) in [5.41, 5.74) is 8.03. The third kappa shape index (κ3) is 1.71. The summed E-state index contributed by atoms with van der Waals surface area (Å²) in [5.74, 6) is 0.207. The first-order chi connectivity index (χ1) is 7.50. The molecule has 2 N–H and O–H groups in total. The van der Waals surface area contributed by atoms with E-state index in [1.807, 2.05) is 7.05 Å². The van der Waals surface area contributed by atoms with E-state index in [0.717, 1.165) is 11.3 Å². The Morgan fingerprint density at radius 1 is 1.44 bits per heavy atom. The first-order valence-corrected chi connectivity index (χ1v) is 5.54. The van der Waals surface area contributed by atoms with E-state index in [0.29, 0.717) is 16.1 Å². The zero-order valence-electron chi connectivity index (χ0n) is 8.96. The van der Waals surface area contributed by atoms with Gasteiger partial charge in [0.05, 0.1) is 5.69 Å². The van der Waals surface area contributed by atoms with Crippen LogP contribution in [0.4, 0.5) is 10.3 Å². The molecule has 16 heavy (non-hydrogen) atoms. The number of imidazole rings is 1. The Kier molecular flexibility index (Phi) is 2.71. The molecule has 2 aromatic rings. The van der Waals surface area contributed by atoms with Crippen molar-refractivity contribution in [3.05, 3.63) is 34.2 Å². The van der Waals surface area contributed by atoms with Gasteiger partial charge in [-0.2, -0.15) is 0 Å². The highest BCUT2D eigenvalue weighted by Crippen LogP contribution is 2.30. The van der Waals surface area contributed by atoms with Gasteiger partial charge in [0, 0.05) is 12.6 Å². The van der Waals surface area contributed by atoms with E-state index in [1.165, 1.54) is 6.07 Å². The number of anilines is 1. The largest absolute Gasteiger partial charge is 0.369 e. The monoisotopic (exact) mass is 283 g/mol. The summed E-state index contributed by atoms with van der Waals surface area (Å²) in [6.45, 7) is 1.73. The Hall–Kier alpha value is -1.36. The van der Waals surface area contributed by atoms with Crippen molar-refractivity contribution in [2.45, 2.75) is 6.92 Å². The molecule has 5 heteroatoms. The number of rotatable bonds is 1. The normalized spacial score (nSPS) is 10.8. The minimum Gasteiger partial charge on any atom is -0.369 e. The van der Waals surface area contributed by atoms with E-state index in [-0.39, 0.29) is 5.82 Å². The molecule has 0 saturated heterocycles. The molecule has 0 saturated carbocycles. The molecule has 0 bridgehead atoms. The van der Waals surface area contributed by atoms with Crippen molar-refractivity contribution < 1.29 is 4.39 Å². The molecule has 0 aliphatic heterocycles. The van der Waals surface area contributed by atoms with Gasteiger partial charge in [0.1, 0.15) is 10.4 Å². The summed E-state index contributed by atoms with van der Waals surface area (Å²) in [6, 6.07) is 4.93. The van der Waals surface area contributed by atoms with Crippen LogP contribution in [0.1, 0.15) is 5.56 Å². The first-order valence-electron chi connectivity index (χ1n) is 4.75. The molecular weight excluding hydrogens is 273 g/mol. The van der Waals surface area contributed by atoms with E-state index in [1.54, 1.807) is 23.6 Å². The molecule has 0 spiro atoms. The topological polar surface area (TPSA) is 43.8 Å². The average molecular weight is 284 g/mol. The Morgan fingerprint density at radius 2 is 2.12 bits per heavy atom. The van der Waals surface area contributed by atoms with Crippen molar-refractivity contribution in [3.8, 4) is 11.3 Å². The van der Waals surface area contributed by atoms with E-state index >= 15 is 0 Å². The lowest BCUT2D eigenvalue weighted by molar-refractivity contribution is 0.618. The van der Waals surface area contributed by atoms with Gasteiger partial charge < -0.3 is 10.3 Å². The molecule has 0 fully saturated rings. The van der Waals surface area contributed by atoms with E-state index in [2.05, 4.69) is 20.9 Å². The second kappa shape index (κ2) is 3.90. The first kappa shape index (κ1) is 11.1. The number of hydrogen-bond donors (Lipinski definition) is 1. The molecule has 0 aliphatic rings. The lowest BCUT2D eigenvalue weighted by Gasteiger charge is -2.05. The van der Waals surface area contributed by atoms with Gasteiger partial charge in [-0.05, 0) is 46.6 Å². The molecule has 0 amide bonds. The van der Waals surface area contributed by atoms with Crippen LogP contribution in [0.2, 0.25) is 0 Å². The van der Waals surface area contributed by atoms with E-state index in [9.17, 15) is 4.39 Å². The van der Waals surface area contributed by atoms with Crippen molar-refractivity contribution in [2.75, 3.05) is 5.73 Å². The lowest BCUT2D eigenvalue weighted by Crippen LogP contribution is -1.98. The second-order valence-electron chi connectivity index (χ2n) is 3.63. The van der Waals surface area contributed by atoms with Gasteiger partial charge in [0.15, 0.2) is 0 Å². The Balaban J connectivity index is 2.63. The third-order valence-corrected chi connectivity index (χ3v) is 3.07. The van der Waals surface area contributed by atoms with Crippen LogP contribution in [0.15, 0.2) is 22.8 Å². The van der Waals surface area contributed by atoms with Crippen molar-refractivity contribution in [1.82, 2.24) is 9.55 Å². The lowest BCUT2D eigenvalue weighted by atomic mass is 10.1. The minimum absolute atomic E-state index is 0.213. The van der Waals surface area contributed by atoms with Gasteiger partial charge in [-0.25, -0.2) is 9.37 Å². The fraction of sp³-hybridized carbons (Fsp3) is 0.182. The van der Waals surface area contributed by atoms with Crippen LogP contribution in [0.3, 0.4) is 0 Å². The summed E-state index contributed by atoms with van der Waals surface area (Å²) < 4.78 is 15.6. The Morgan fingerprint density at radius 3 is 2.62 bits per heavy atom. The van der Waals surface area contributed by atoms with Crippen molar-refractivity contribution >= 4 is 21.9 Å². The summed E-state index contributed by atoms with van der Waals surface area (Å²) in [5, 5.41) is 0. The Bertz CT molecular complexity index is 548. The standard InChI is InChI=1S/C11H11BrFN3/c1-6-5-7(3-4-8(6)13)9-10(12)15-11(14)16(9)2/h3-5H,1-2H3,(H2,14,15). The number of nitrogens with zero attached hydrogens (tertiary/aromatic N) is 2. The molecule has 0 atom stereocenters. The number of aryl methyl sites for hydroxylation is 1. The molecule has 1 aromatic carbocycles. The van der Waals surface area contributed by atoms with Crippen molar-refractivity contribution in [3.63, 3.8) is 0 Å². The highest BCUT2D eigenvalue weighted by molar-refractivity contribution is 9.10. The van der Waals surface area contributed by atoms with Gasteiger partial charge in [-0.15, -0.1) is 0 Å². The van der Waals surface area contributed by atoms with E-state index in [4.69, 9.17) is 5.73 Å². The molecule has 0 radical (unpaired) electrons. The smallest absolute Gasteiger partial charge is 0.201 e. The number of hydrogen-bond acceptors (Lipinski definition) is 2. The Labute approximate surface area is 101 Å². The highest BCUT2D eigenvalue weighted by Gasteiger charge is 2.13. The molecule has 2 rings (SSSR count). The summed E-state index contributed by atoms with van der Waals surface area (Å²) >= 11 is 3.34. The maximum absolute atomic E-state index is 13.2. The van der Waals surface area contributed by atoms with Crippen LogP contribution in [0, 0.1) is 12.7 Å². The predicted molar refractivity (Wildman–Crippen MR) is 65.5 cm³/mol.